The van der Waals surface area contributed by atoms with Gasteiger partial charge in [-0.05, 0) is 129 Å². The fourth-order valence-corrected chi connectivity index (χ4v) is 10.2. The topological polar surface area (TPSA) is 49.2 Å². The summed E-state index contributed by atoms with van der Waals surface area (Å²) in [6, 6.07) is 77.1. The standard InChI is InChI=1S/C59H41N3O/c1-2-12-40-32-41(26-20-36(40)10-1)42-28-31-52-55(35-42)63-54-19-9-18-49(56(52)54)38-21-24-39(25-22-38)57-60-58(45-29-30-48-44(33-45)27-23-37-11-3-5-14-46(37)48)62-59(61-57)53-34-43-13-4-6-15-47(43)50-16-7-8-17-51(50)53/h1-35,57-62H. The molecule has 3 atom stereocenters. The van der Waals surface area contributed by atoms with Gasteiger partial charge in [0, 0.05) is 10.8 Å². The zero-order valence-corrected chi connectivity index (χ0v) is 34.3. The van der Waals surface area contributed by atoms with Crippen LogP contribution in [0.2, 0.25) is 0 Å². The van der Waals surface area contributed by atoms with Gasteiger partial charge in [-0.2, -0.15) is 0 Å². The highest BCUT2D eigenvalue weighted by molar-refractivity contribution is 6.13. The largest absolute Gasteiger partial charge is 0.456 e. The minimum absolute atomic E-state index is 0.132. The van der Waals surface area contributed by atoms with Gasteiger partial charge in [-0.25, -0.2) is 0 Å². The van der Waals surface area contributed by atoms with Crippen molar-refractivity contribution < 1.29 is 4.42 Å². The maximum Gasteiger partial charge on any atom is 0.136 e. The molecular formula is C59H41N3O. The van der Waals surface area contributed by atoms with Gasteiger partial charge >= 0.3 is 0 Å². The summed E-state index contributed by atoms with van der Waals surface area (Å²) in [6.45, 7) is 0. The Bertz CT molecular complexity index is 3760. The molecule has 1 fully saturated rings. The van der Waals surface area contributed by atoms with Gasteiger partial charge in [-0.3, -0.25) is 16.0 Å². The Morgan fingerprint density at radius 1 is 0.302 bits per heavy atom. The highest BCUT2D eigenvalue weighted by atomic mass is 16.3. The average molecular weight is 808 g/mol. The monoisotopic (exact) mass is 807 g/mol. The van der Waals surface area contributed by atoms with E-state index in [4.69, 9.17) is 4.42 Å². The molecule has 13 rings (SSSR count). The average Bonchev–Trinajstić information content (AvgIpc) is 3.74. The van der Waals surface area contributed by atoms with Crippen molar-refractivity contribution in [2.75, 3.05) is 0 Å². The van der Waals surface area contributed by atoms with E-state index in [1.807, 2.05) is 0 Å². The quantitative estimate of drug-likeness (QED) is 0.152. The summed E-state index contributed by atoms with van der Waals surface area (Å²) in [5.41, 5.74) is 9.99. The van der Waals surface area contributed by atoms with E-state index in [-0.39, 0.29) is 18.5 Å². The summed E-state index contributed by atoms with van der Waals surface area (Å²) in [6.07, 6.45) is -0.423. The molecule has 3 unspecified atom stereocenters. The third-order valence-electron chi connectivity index (χ3n) is 13.3. The minimum Gasteiger partial charge on any atom is -0.456 e. The lowest BCUT2D eigenvalue weighted by atomic mass is 9.94. The van der Waals surface area contributed by atoms with Crippen LogP contribution in [-0.2, 0) is 0 Å². The minimum atomic E-state index is -0.146. The number of rotatable bonds is 5. The van der Waals surface area contributed by atoms with Crippen LogP contribution in [0.1, 0.15) is 35.2 Å². The molecule has 0 radical (unpaired) electrons. The molecule has 298 valence electrons. The van der Waals surface area contributed by atoms with Crippen LogP contribution >= 0.6 is 0 Å². The van der Waals surface area contributed by atoms with Crippen molar-refractivity contribution >= 4 is 75.8 Å². The Morgan fingerprint density at radius 3 is 1.70 bits per heavy atom. The van der Waals surface area contributed by atoms with Gasteiger partial charge in [0.05, 0.1) is 18.5 Å². The first-order valence-corrected chi connectivity index (χ1v) is 21.8. The summed E-state index contributed by atoms with van der Waals surface area (Å²) < 4.78 is 6.57. The van der Waals surface area contributed by atoms with E-state index in [0.717, 1.165) is 44.2 Å². The summed E-state index contributed by atoms with van der Waals surface area (Å²) in [7, 11) is 0. The van der Waals surface area contributed by atoms with Gasteiger partial charge in [-0.1, -0.05) is 176 Å². The molecule has 4 heteroatoms. The van der Waals surface area contributed by atoms with Crippen LogP contribution in [0.15, 0.2) is 217 Å². The smallest absolute Gasteiger partial charge is 0.136 e. The Balaban J connectivity index is 0.879. The van der Waals surface area contributed by atoms with E-state index < -0.39 is 0 Å². The predicted molar refractivity (Wildman–Crippen MR) is 263 cm³/mol. The van der Waals surface area contributed by atoms with Crippen molar-refractivity contribution in [2.24, 2.45) is 0 Å². The zero-order chi connectivity index (χ0) is 41.4. The van der Waals surface area contributed by atoms with Gasteiger partial charge in [-0.15, -0.1) is 0 Å². The third kappa shape index (κ3) is 6.11. The van der Waals surface area contributed by atoms with Crippen LogP contribution in [0, 0.1) is 0 Å². The van der Waals surface area contributed by atoms with Gasteiger partial charge in [0.15, 0.2) is 0 Å². The predicted octanol–water partition coefficient (Wildman–Crippen LogP) is 14.9. The van der Waals surface area contributed by atoms with E-state index in [2.05, 4.69) is 228 Å². The fraction of sp³-hybridized carbons (Fsp3) is 0.0508. The number of furan rings is 1. The maximum absolute atomic E-state index is 6.57. The molecule has 11 aromatic carbocycles. The van der Waals surface area contributed by atoms with Gasteiger partial charge in [0.1, 0.15) is 11.2 Å². The molecule has 0 aliphatic carbocycles. The number of fused-ring (bicyclic) bond motifs is 10. The number of hydrogen-bond donors (Lipinski definition) is 3. The van der Waals surface area contributed by atoms with Gasteiger partial charge in [0.2, 0.25) is 0 Å². The molecular weight excluding hydrogens is 767 g/mol. The molecule has 1 aromatic heterocycles. The first kappa shape index (κ1) is 36.1. The lowest BCUT2D eigenvalue weighted by Crippen LogP contribution is -2.54. The highest BCUT2D eigenvalue weighted by Gasteiger charge is 2.31. The molecule has 1 aliphatic heterocycles. The molecule has 12 aromatic rings. The molecule has 3 N–H and O–H groups in total. The van der Waals surface area contributed by atoms with E-state index in [0.29, 0.717) is 0 Å². The van der Waals surface area contributed by atoms with Gasteiger partial charge in [0.25, 0.3) is 0 Å². The maximum atomic E-state index is 6.57. The second-order valence-electron chi connectivity index (χ2n) is 17.0. The van der Waals surface area contributed by atoms with Crippen LogP contribution in [0.5, 0.6) is 0 Å². The molecule has 63 heavy (non-hydrogen) atoms. The van der Waals surface area contributed by atoms with E-state index in [9.17, 15) is 0 Å². The molecule has 0 bridgehead atoms. The van der Waals surface area contributed by atoms with Crippen molar-refractivity contribution in [2.45, 2.75) is 18.5 Å². The Labute approximate surface area is 364 Å². The second kappa shape index (κ2) is 14.5. The first-order valence-electron chi connectivity index (χ1n) is 21.8. The molecule has 0 amide bonds. The van der Waals surface area contributed by atoms with Crippen molar-refractivity contribution in [3.05, 3.63) is 229 Å². The first-order chi connectivity index (χ1) is 31.2. The van der Waals surface area contributed by atoms with Crippen LogP contribution in [0.25, 0.3) is 98.1 Å². The number of benzene rings is 11. The SMILES string of the molecule is c1ccc2cc(-c3ccc4c(c3)oc3cccc(-c5ccc(C6NC(c7ccc8c(ccc9ccccc98)c7)NC(c7cc8ccccc8c8ccccc78)N6)cc5)c34)ccc2c1. The zero-order valence-electron chi connectivity index (χ0n) is 34.3. The number of nitrogens with one attached hydrogen (secondary N) is 3. The molecule has 1 aliphatic rings. The lowest BCUT2D eigenvalue weighted by molar-refractivity contribution is 0.204. The van der Waals surface area contributed by atoms with Crippen LogP contribution in [0.3, 0.4) is 0 Å². The summed E-state index contributed by atoms with van der Waals surface area (Å²) in [5.74, 6) is 0. The van der Waals surface area contributed by atoms with Crippen molar-refractivity contribution in [3.8, 4) is 22.3 Å². The van der Waals surface area contributed by atoms with Crippen LogP contribution < -0.4 is 16.0 Å². The van der Waals surface area contributed by atoms with E-state index in [1.165, 1.54) is 70.6 Å². The molecule has 0 saturated carbocycles. The Hall–Kier alpha value is -7.60. The molecule has 4 nitrogen and oxygen atoms in total. The highest BCUT2D eigenvalue weighted by Crippen LogP contribution is 2.40. The number of hydrogen-bond acceptors (Lipinski definition) is 4. The summed E-state index contributed by atoms with van der Waals surface area (Å²) in [4.78, 5) is 0. The van der Waals surface area contributed by atoms with Crippen molar-refractivity contribution in [3.63, 3.8) is 0 Å². The van der Waals surface area contributed by atoms with Gasteiger partial charge < -0.3 is 4.42 Å². The molecule has 0 spiro atoms. The van der Waals surface area contributed by atoms with E-state index in [1.54, 1.807) is 0 Å². The fourth-order valence-electron chi connectivity index (χ4n) is 10.2. The summed E-state index contributed by atoms with van der Waals surface area (Å²) in [5, 5.41) is 26.7. The third-order valence-corrected chi connectivity index (χ3v) is 13.3. The molecule has 2 heterocycles. The van der Waals surface area contributed by atoms with E-state index >= 15 is 0 Å². The van der Waals surface area contributed by atoms with Crippen molar-refractivity contribution in [1.82, 2.24) is 16.0 Å². The Morgan fingerprint density at radius 2 is 0.857 bits per heavy atom. The van der Waals surface area contributed by atoms with Crippen LogP contribution in [-0.4, -0.2) is 0 Å². The normalized spacial score (nSPS) is 16.9. The molecule has 1 saturated heterocycles. The van der Waals surface area contributed by atoms with Crippen LogP contribution in [0.4, 0.5) is 0 Å². The lowest BCUT2D eigenvalue weighted by Gasteiger charge is -2.40. The second-order valence-corrected chi connectivity index (χ2v) is 17.0. The van der Waals surface area contributed by atoms with Crippen molar-refractivity contribution in [1.29, 1.82) is 0 Å². The summed E-state index contributed by atoms with van der Waals surface area (Å²) >= 11 is 0. The Kier molecular flexibility index (Phi) is 8.31.